The molecule has 0 aliphatic heterocycles. The van der Waals surface area contributed by atoms with Crippen molar-refractivity contribution in [3.8, 4) is 0 Å². The third kappa shape index (κ3) is 5.07. The van der Waals surface area contributed by atoms with Crippen molar-refractivity contribution in [1.82, 2.24) is 4.90 Å². The number of benzene rings is 2. The lowest BCUT2D eigenvalue weighted by molar-refractivity contribution is 0.135. The summed E-state index contributed by atoms with van der Waals surface area (Å²) in [5.41, 5.74) is 2.16. The van der Waals surface area contributed by atoms with Crippen LogP contribution in [0.2, 0.25) is 0 Å². The van der Waals surface area contributed by atoms with Crippen molar-refractivity contribution < 1.29 is 14.3 Å². The molecule has 0 heterocycles. The zero-order chi connectivity index (χ0) is 16.8. The van der Waals surface area contributed by atoms with Crippen LogP contribution in [-0.4, -0.2) is 28.7 Å². The summed E-state index contributed by atoms with van der Waals surface area (Å²) in [5.74, 6) is -0.406. The van der Waals surface area contributed by atoms with Crippen LogP contribution in [0.1, 0.15) is 18.1 Å². The summed E-state index contributed by atoms with van der Waals surface area (Å²) in [6, 6.07) is 13.4. The average molecular weight is 316 g/mol. The minimum atomic E-state index is -0.655. The van der Waals surface area contributed by atoms with Crippen molar-refractivity contribution in [2.75, 3.05) is 11.9 Å². The number of hydrogen-bond donors (Lipinski definition) is 2. The summed E-state index contributed by atoms with van der Waals surface area (Å²) in [6.45, 7) is 3.98. The van der Waals surface area contributed by atoms with Gasteiger partial charge >= 0.3 is 6.03 Å². The number of aryl methyl sites for hydroxylation is 1. The molecule has 1 unspecified atom stereocenters. The van der Waals surface area contributed by atoms with Crippen molar-refractivity contribution >= 4 is 11.7 Å². The van der Waals surface area contributed by atoms with Crippen molar-refractivity contribution in [1.29, 1.82) is 0 Å². The summed E-state index contributed by atoms with van der Waals surface area (Å²) >= 11 is 0. The Hall–Kier alpha value is -2.40. The van der Waals surface area contributed by atoms with E-state index in [-0.39, 0.29) is 12.6 Å². The maximum absolute atomic E-state index is 13.4. The van der Waals surface area contributed by atoms with Gasteiger partial charge in [-0.3, -0.25) is 0 Å². The van der Waals surface area contributed by atoms with Crippen molar-refractivity contribution in [2.45, 2.75) is 26.5 Å². The third-order valence-corrected chi connectivity index (χ3v) is 3.43. The van der Waals surface area contributed by atoms with E-state index >= 15 is 0 Å². The highest BCUT2D eigenvalue weighted by Crippen LogP contribution is 2.17. The van der Waals surface area contributed by atoms with Gasteiger partial charge in [0.2, 0.25) is 0 Å². The van der Waals surface area contributed by atoms with E-state index < -0.39 is 11.9 Å². The molecule has 2 N–H and O–H groups in total. The number of anilines is 1. The summed E-state index contributed by atoms with van der Waals surface area (Å²) in [7, 11) is 0. The van der Waals surface area contributed by atoms with Crippen LogP contribution in [0.15, 0.2) is 48.5 Å². The number of aliphatic hydroxyl groups excluding tert-OH is 1. The van der Waals surface area contributed by atoms with Gasteiger partial charge in [-0.15, -0.1) is 0 Å². The second-order valence-electron chi connectivity index (χ2n) is 5.60. The highest BCUT2D eigenvalue weighted by atomic mass is 19.1. The van der Waals surface area contributed by atoms with Crippen molar-refractivity contribution in [3.05, 3.63) is 65.5 Å². The Labute approximate surface area is 135 Å². The maximum Gasteiger partial charge on any atom is 0.322 e. The lowest BCUT2D eigenvalue weighted by Crippen LogP contribution is -2.39. The summed E-state index contributed by atoms with van der Waals surface area (Å²) < 4.78 is 13.4. The normalized spacial score (nSPS) is 11.8. The molecule has 0 saturated heterocycles. The fourth-order valence-electron chi connectivity index (χ4n) is 2.27. The minimum absolute atomic E-state index is 0.190. The van der Waals surface area contributed by atoms with Crippen LogP contribution in [0.25, 0.3) is 0 Å². The topological polar surface area (TPSA) is 52.6 Å². The number of rotatable bonds is 5. The van der Waals surface area contributed by atoms with E-state index in [0.29, 0.717) is 12.2 Å². The Morgan fingerprint density at radius 3 is 2.61 bits per heavy atom. The predicted molar refractivity (Wildman–Crippen MR) is 88.7 cm³/mol. The van der Waals surface area contributed by atoms with Crippen LogP contribution in [0.4, 0.5) is 14.9 Å². The Balaban J connectivity index is 2.14. The molecule has 4 nitrogen and oxygen atoms in total. The Morgan fingerprint density at radius 1 is 1.26 bits per heavy atom. The van der Waals surface area contributed by atoms with E-state index in [0.717, 1.165) is 11.1 Å². The maximum atomic E-state index is 13.4. The first-order valence-corrected chi connectivity index (χ1v) is 7.50. The highest BCUT2D eigenvalue weighted by Gasteiger charge is 2.17. The molecule has 0 radical (unpaired) electrons. The monoisotopic (exact) mass is 316 g/mol. The van der Waals surface area contributed by atoms with Gasteiger partial charge in [0.1, 0.15) is 5.82 Å². The van der Waals surface area contributed by atoms with E-state index in [1.807, 2.05) is 30.3 Å². The average Bonchev–Trinajstić information content (AvgIpc) is 2.51. The molecule has 2 aromatic carbocycles. The van der Waals surface area contributed by atoms with Gasteiger partial charge in [0.15, 0.2) is 0 Å². The molecule has 5 heteroatoms. The number of carbonyl (C=O) groups is 1. The van der Waals surface area contributed by atoms with Gasteiger partial charge in [-0.2, -0.15) is 0 Å². The number of hydrogen-bond acceptors (Lipinski definition) is 2. The Morgan fingerprint density at radius 2 is 1.96 bits per heavy atom. The molecule has 0 bridgehead atoms. The smallest absolute Gasteiger partial charge is 0.322 e. The number of amides is 2. The zero-order valence-electron chi connectivity index (χ0n) is 13.3. The lowest BCUT2D eigenvalue weighted by Gasteiger charge is -2.25. The lowest BCUT2D eigenvalue weighted by atomic mass is 10.2. The molecule has 2 rings (SSSR count). The number of urea groups is 1. The van der Waals surface area contributed by atoms with Crippen LogP contribution in [0, 0.1) is 12.7 Å². The quantitative estimate of drug-likeness (QED) is 0.886. The van der Waals surface area contributed by atoms with Crippen LogP contribution in [0.5, 0.6) is 0 Å². The number of nitrogens with one attached hydrogen (secondary N) is 1. The molecule has 23 heavy (non-hydrogen) atoms. The van der Waals surface area contributed by atoms with Gasteiger partial charge in [-0.1, -0.05) is 36.4 Å². The van der Waals surface area contributed by atoms with E-state index in [9.17, 15) is 14.3 Å². The second-order valence-corrected chi connectivity index (χ2v) is 5.60. The van der Waals surface area contributed by atoms with E-state index in [2.05, 4.69) is 5.32 Å². The first-order chi connectivity index (χ1) is 11.0. The molecule has 2 amide bonds. The fraction of sp³-hybridized carbons (Fsp3) is 0.278. The number of halogens is 1. The minimum Gasteiger partial charge on any atom is -0.392 e. The second kappa shape index (κ2) is 7.74. The number of nitrogens with zero attached hydrogens (tertiary/aromatic N) is 1. The van der Waals surface area contributed by atoms with Gasteiger partial charge in [0.05, 0.1) is 6.10 Å². The SMILES string of the molecule is Cc1ccc(F)cc1NC(=O)N(Cc1ccccc1)CC(C)O. The molecule has 0 aliphatic rings. The van der Waals surface area contributed by atoms with E-state index in [1.54, 1.807) is 19.9 Å². The van der Waals surface area contributed by atoms with Crippen molar-refractivity contribution in [3.63, 3.8) is 0 Å². The van der Waals surface area contributed by atoms with Crippen molar-refractivity contribution in [2.24, 2.45) is 0 Å². The van der Waals surface area contributed by atoms with Gasteiger partial charge in [0.25, 0.3) is 0 Å². The van der Waals surface area contributed by atoms with E-state index in [1.165, 1.54) is 17.0 Å². The highest BCUT2D eigenvalue weighted by molar-refractivity contribution is 5.90. The van der Waals surface area contributed by atoms with Gasteiger partial charge in [0, 0.05) is 18.8 Å². The van der Waals surface area contributed by atoms with Crippen LogP contribution >= 0.6 is 0 Å². The Kier molecular flexibility index (Phi) is 5.71. The molecule has 2 aromatic rings. The fourth-order valence-corrected chi connectivity index (χ4v) is 2.27. The van der Waals surface area contributed by atoms with Gasteiger partial charge in [-0.05, 0) is 37.1 Å². The first kappa shape index (κ1) is 17.0. The molecule has 0 saturated carbocycles. The molecular weight excluding hydrogens is 295 g/mol. The molecular formula is C18H21FN2O2. The van der Waals surface area contributed by atoms with Crippen LogP contribution in [-0.2, 0) is 6.54 Å². The number of carbonyl (C=O) groups excluding carboxylic acids is 1. The third-order valence-electron chi connectivity index (χ3n) is 3.43. The van der Waals surface area contributed by atoms with Gasteiger partial charge in [-0.25, -0.2) is 9.18 Å². The first-order valence-electron chi connectivity index (χ1n) is 7.50. The molecule has 0 spiro atoms. The molecule has 122 valence electrons. The number of aliphatic hydroxyl groups is 1. The van der Waals surface area contributed by atoms with Crippen LogP contribution < -0.4 is 5.32 Å². The zero-order valence-corrected chi connectivity index (χ0v) is 13.3. The summed E-state index contributed by atoms with van der Waals surface area (Å²) in [5, 5.41) is 12.3. The largest absolute Gasteiger partial charge is 0.392 e. The molecule has 1 atom stereocenters. The summed E-state index contributed by atoms with van der Waals surface area (Å²) in [6.07, 6.45) is -0.655. The van der Waals surface area contributed by atoms with Gasteiger partial charge < -0.3 is 15.3 Å². The Bertz CT molecular complexity index is 659. The standard InChI is InChI=1S/C18H21FN2O2/c1-13-8-9-16(19)10-17(13)20-18(23)21(11-14(2)22)12-15-6-4-3-5-7-15/h3-10,14,22H,11-12H2,1-2H3,(H,20,23). The van der Waals surface area contributed by atoms with E-state index in [4.69, 9.17) is 0 Å². The predicted octanol–water partition coefficient (Wildman–Crippen LogP) is 3.55. The summed E-state index contributed by atoms with van der Waals surface area (Å²) in [4.78, 5) is 14.0. The molecule has 0 fully saturated rings. The molecule has 0 aromatic heterocycles. The molecule has 0 aliphatic carbocycles. The van der Waals surface area contributed by atoms with Crippen LogP contribution in [0.3, 0.4) is 0 Å².